The summed E-state index contributed by atoms with van der Waals surface area (Å²) >= 11 is 3.36. The molecule has 4 rings (SSSR count). The highest BCUT2D eigenvalue weighted by molar-refractivity contribution is 9.10. The van der Waals surface area contributed by atoms with E-state index in [1.165, 1.54) is 0 Å². The van der Waals surface area contributed by atoms with Crippen molar-refractivity contribution in [2.45, 2.75) is 19.5 Å². The van der Waals surface area contributed by atoms with Gasteiger partial charge in [-0.1, -0.05) is 48.5 Å². The van der Waals surface area contributed by atoms with Crippen LogP contribution in [0.1, 0.15) is 12.0 Å². The van der Waals surface area contributed by atoms with Gasteiger partial charge in [0, 0.05) is 43.0 Å². The largest absolute Gasteiger partial charge is 0.352 e. The number of nitrogens with zero attached hydrogens (tertiary/aromatic N) is 4. The van der Waals surface area contributed by atoms with Crippen LogP contribution in [0, 0.1) is 0 Å². The second-order valence-corrected chi connectivity index (χ2v) is 7.51. The number of benzene rings is 2. The molecule has 0 saturated heterocycles. The predicted octanol–water partition coefficient (Wildman–Crippen LogP) is 4.20. The van der Waals surface area contributed by atoms with E-state index in [2.05, 4.69) is 26.3 Å². The van der Waals surface area contributed by atoms with Crippen LogP contribution >= 0.6 is 15.9 Å². The molecule has 0 radical (unpaired) electrons. The average Bonchev–Trinajstić information content (AvgIpc) is 3.38. The molecule has 7 heteroatoms. The standard InChI is InChI=1S/C22H20BrN5O/c23-19-14-25-27(16-19)12-11-21(29)24-13-18-15-28(20-9-5-2-6-10-20)26-22(18)17-7-3-1-4-8-17/h1-10,14-16H,11-13H2,(H,24,29). The van der Waals surface area contributed by atoms with E-state index in [-0.39, 0.29) is 5.91 Å². The number of hydrogen-bond donors (Lipinski definition) is 1. The highest BCUT2D eigenvalue weighted by Gasteiger charge is 2.13. The van der Waals surface area contributed by atoms with E-state index in [1.807, 2.05) is 77.7 Å². The lowest BCUT2D eigenvalue weighted by Crippen LogP contribution is -2.24. The molecule has 0 aliphatic rings. The summed E-state index contributed by atoms with van der Waals surface area (Å²) in [6.07, 6.45) is 5.90. The summed E-state index contributed by atoms with van der Waals surface area (Å²) in [5, 5.41) is 12.0. The predicted molar refractivity (Wildman–Crippen MR) is 115 cm³/mol. The van der Waals surface area contributed by atoms with Gasteiger partial charge in [0.25, 0.3) is 0 Å². The fraction of sp³-hybridized carbons (Fsp3) is 0.136. The van der Waals surface area contributed by atoms with E-state index >= 15 is 0 Å². The Morgan fingerprint density at radius 1 is 1.00 bits per heavy atom. The molecule has 0 unspecified atom stereocenters. The summed E-state index contributed by atoms with van der Waals surface area (Å²) < 4.78 is 4.50. The fourth-order valence-corrected chi connectivity index (χ4v) is 3.38. The molecule has 0 saturated carbocycles. The maximum atomic E-state index is 12.3. The lowest BCUT2D eigenvalue weighted by Gasteiger charge is -2.06. The molecule has 1 N–H and O–H groups in total. The van der Waals surface area contributed by atoms with Crippen molar-refractivity contribution in [3.8, 4) is 16.9 Å². The van der Waals surface area contributed by atoms with Crippen molar-refractivity contribution in [2.75, 3.05) is 0 Å². The Labute approximate surface area is 177 Å². The lowest BCUT2D eigenvalue weighted by atomic mass is 10.1. The van der Waals surface area contributed by atoms with Gasteiger partial charge in [-0.15, -0.1) is 0 Å². The van der Waals surface area contributed by atoms with Crippen molar-refractivity contribution in [3.63, 3.8) is 0 Å². The Morgan fingerprint density at radius 2 is 1.72 bits per heavy atom. The van der Waals surface area contributed by atoms with Gasteiger partial charge >= 0.3 is 0 Å². The van der Waals surface area contributed by atoms with Gasteiger partial charge in [0.2, 0.25) is 5.91 Å². The summed E-state index contributed by atoms with van der Waals surface area (Å²) in [7, 11) is 0. The van der Waals surface area contributed by atoms with Crippen LogP contribution in [0.5, 0.6) is 0 Å². The van der Waals surface area contributed by atoms with Crippen molar-refractivity contribution in [2.24, 2.45) is 0 Å². The number of hydrogen-bond acceptors (Lipinski definition) is 3. The van der Waals surface area contributed by atoms with Gasteiger partial charge in [0.15, 0.2) is 0 Å². The molecular formula is C22H20BrN5O. The Morgan fingerprint density at radius 3 is 2.41 bits per heavy atom. The molecule has 146 valence electrons. The van der Waals surface area contributed by atoms with Gasteiger partial charge in [0.1, 0.15) is 0 Å². The summed E-state index contributed by atoms with van der Waals surface area (Å²) in [5.74, 6) is -0.0249. The number of halogens is 1. The quantitative estimate of drug-likeness (QED) is 0.459. The monoisotopic (exact) mass is 449 g/mol. The van der Waals surface area contributed by atoms with E-state index in [1.54, 1.807) is 10.9 Å². The first kappa shape index (κ1) is 19.1. The molecule has 29 heavy (non-hydrogen) atoms. The first-order valence-corrected chi connectivity index (χ1v) is 10.1. The third kappa shape index (κ3) is 4.81. The molecule has 0 aliphatic carbocycles. The molecule has 6 nitrogen and oxygen atoms in total. The minimum atomic E-state index is -0.0249. The van der Waals surface area contributed by atoms with Crippen molar-refractivity contribution >= 4 is 21.8 Å². The SMILES string of the molecule is O=C(CCn1cc(Br)cn1)NCc1cn(-c2ccccc2)nc1-c1ccccc1. The van der Waals surface area contributed by atoms with Crippen molar-refractivity contribution in [3.05, 3.63) is 89.3 Å². The van der Waals surface area contributed by atoms with Gasteiger partial charge in [-0.25, -0.2) is 4.68 Å². The molecule has 2 heterocycles. The number of carbonyl (C=O) groups excluding carboxylic acids is 1. The van der Waals surface area contributed by atoms with Crippen LogP contribution in [-0.2, 0) is 17.9 Å². The van der Waals surface area contributed by atoms with Gasteiger partial charge in [-0.3, -0.25) is 9.48 Å². The third-order valence-electron chi connectivity index (χ3n) is 4.50. The molecule has 0 spiro atoms. The number of para-hydroxylation sites is 1. The molecular weight excluding hydrogens is 430 g/mol. The summed E-state index contributed by atoms with van der Waals surface area (Å²) in [4.78, 5) is 12.3. The summed E-state index contributed by atoms with van der Waals surface area (Å²) in [6.45, 7) is 0.949. The van der Waals surface area contributed by atoms with Crippen LogP contribution in [0.15, 0.2) is 83.7 Å². The van der Waals surface area contributed by atoms with E-state index in [4.69, 9.17) is 5.10 Å². The number of rotatable bonds is 7. The van der Waals surface area contributed by atoms with Crippen LogP contribution in [0.2, 0.25) is 0 Å². The van der Waals surface area contributed by atoms with E-state index in [0.29, 0.717) is 19.5 Å². The maximum Gasteiger partial charge on any atom is 0.222 e. The van der Waals surface area contributed by atoms with E-state index in [9.17, 15) is 4.79 Å². The normalized spacial score (nSPS) is 10.8. The number of aryl methyl sites for hydroxylation is 1. The molecule has 4 aromatic rings. The molecule has 0 bridgehead atoms. The second-order valence-electron chi connectivity index (χ2n) is 6.60. The average molecular weight is 450 g/mol. The summed E-state index contributed by atoms with van der Waals surface area (Å²) in [6, 6.07) is 20.0. The van der Waals surface area contributed by atoms with Crippen molar-refractivity contribution in [1.29, 1.82) is 0 Å². The highest BCUT2D eigenvalue weighted by Crippen LogP contribution is 2.23. The van der Waals surface area contributed by atoms with E-state index < -0.39 is 0 Å². The highest BCUT2D eigenvalue weighted by atomic mass is 79.9. The zero-order valence-electron chi connectivity index (χ0n) is 15.7. The number of aromatic nitrogens is 4. The van der Waals surface area contributed by atoms with E-state index in [0.717, 1.165) is 27.0 Å². The number of nitrogens with one attached hydrogen (secondary N) is 1. The van der Waals surface area contributed by atoms with Crippen LogP contribution in [-0.4, -0.2) is 25.5 Å². The van der Waals surface area contributed by atoms with Crippen LogP contribution in [0.25, 0.3) is 16.9 Å². The third-order valence-corrected chi connectivity index (χ3v) is 4.91. The van der Waals surface area contributed by atoms with Gasteiger partial charge in [0.05, 0.1) is 22.1 Å². The van der Waals surface area contributed by atoms with Crippen molar-refractivity contribution < 1.29 is 4.79 Å². The molecule has 0 fully saturated rings. The molecule has 0 atom stereocenters. The first-order chi connectivity index (χ1) is 14.2. The molecule has 2 aromatic heterocycles. The number of amides is 1. The number of carbonyl (C=O) groups is 1. The minimum absolute atomic E-state index is 0.0249. The van der Waals surface area contributed by atoms with Gasteiger partial charge in [-0.05, 0) is 28.1 Å². The Kier molecular flexibility index (Phi) is 5.86. The zero-order valence-corrected chi connectivity index (χ0v) is 17.3. The Hall–Kier alpha value is -3.19. The van der Waals surface area contributed by atoms with Crippen LogP contribution in [0.4, 0.5) is 0 Å². The van der Waals surface area contributed by atoms with Gasteiger partial charge in [-0.2, -0.15) is 10.2 Å². The van der Waals surface area contributed by atoms with Crippen LogP contribution < -0.4 is 5.32 Å². The first-order valence-electron chi connectivity index (χ1n) is 9.33. The molecule has 0 aliphatic heterocycles. The van der Waals surface area contributed by atoms with Gasteiger partial charge < -0.3 is 5.32 Å². The Balaban J connectivity index is 1.49. The Bertz CT molecular complexity index is 1090. The minimum Gasteiger partial charge on any atom is -0.352 e. The summed E-state index contributed by atoms with van der Waals surface area (Å²) in [5.41, 5.74) is 3.83. The van der Waals surface area contributed by atoms with Crippen molar-refractivity contribution in [1.82, 2.24) is 24.9 Å². The van der Waals surface area contributed by atoms with Crippen LogP contribution in [0.3, 0.4) is 0 Å². The smallest absolute Gasteiger partial charge is 0.222 e. The second kappa shape index (κ2) is 8.87. The zero-order chi connectivity index (χ0) is 20.1. The topological polar surface area (TPSA) is 64.7 Å². The maximum absolute atomic E-state index is 12.3. The molecule has 1 amide bonds. The lowest BCUT2D eigenvalue weighted by molar-refractivity contribution is -0.121. The molecule has 2 aromatic carbocycles. The fourth-order valence-electron chi connectivity index (χ4n) is 3.05.